The van der Waals surface area contributed by atoms with Crippen molar-refractivity contribution in [3.05, 3.63) is 41.5 Å². The zero-order valence-corrected chi connectivity index (χ0v) is 17.4. The minimum Gasteiger partial charge on any atom is -0.508 e. The maximum absolute atomic E-state index is 12.7. The molecular formula is C21H25ClN2O7. The highest BCUT2D eigenvalue weighted by molar-refractivity contribution is 6.14. The van der Waals surface area contributed by atoms with E-state index in [-0.39, 0.29) is 35.2 Å². The molecule has 0 aliphatic carbocycles. The molecule has 0 spiro atoms. The van der Waals surface area contributed by atoms with Crippen LogP contribution in [-0.4, -0.2) is 45.1 Å². The number of hydrogen-bond acceptors (Lipinski definition) is 9. The van der Waals surface area contributed by atoms with Crippen LogP contribution in [0.15, 0.2) is 30.3 Å². The number of halogens is 1. The molecule has 168 valence electrons. The Morgan fingerprint density at radius 3 is 2.61 bits per heavy atom. The first-order valence-corrected chi connectivity index (χ1v) is 10.2. The van der Waals surface area contributed by atoms with Crippen LogP contribution in [0.4, 0.5) is 0 Å². The molecule has 0 bridgehead atoms. The lowest BCUT2D eigenvalue weighted by Crippen LogP contribution is -2.40. The molecule has 0 saturated carbocycles. The van der Waals surface area contributed by atoms with E-state index in [0.717, 1.165) is 6.42 Å². The standard InChI is InChI=1S/C21H25ClN2O7/c22-24-14(3-1-2-6-23)21(29)31-19-10-13-16(27)8-12(25)9-18(13)30-20(19)11-4-5-15(26)17(28)7-11/h4-5,7-9,14,19-20,24-28H,1-3,6,10,23H2/t14-,19?,20?/m0/s1. The van der Waals surface area contributed by atoms with Gasteiger partial charge in [-0.05, 0) is 49.7 Å². The van der Waals surface area contributed by atoms with E-state index in [1.165, 1.54) is 30.3 Å². The van der Waals surface area contributed by atoms with Crippen LogP contribution in [0.1, 0.15) is 36.5 Å². The van der Waals surface area contributed by atoms with Crippen molar-refractivity contribution in [1.29, 1.82) is 0 Å². The van der Waals surface area contributed by atoms with E-state index in [1.54, 1.807) is 0 Å². The fraction of sp³-hybridized carbons (Fsp3) is 0.381. The van der Waals surface area contributed by atoms with Gasteiger partial charge in [-0.1, -0.05) is 6.07 Å². The molecule has 7 N–H and O–H groups in total. The monoisotopic (exact) mass is 452 g/mol. The number of ether oxygens (including phenoxy) is 2. The number of aromatic hydroxyl groups is 4. The Bertz CT molecular complexity index is 940. The third-order valence-corrected chi connectivity index (χ3v) is 5.39. The lowest BCUT2D eigenvalue weighted by Gasteiger charge is -2.34. The van der Waals surface area contributed by atoms with Gasteiger partial charge in [-0.2, -0.15) is 0 Å². The molecule has 0 saturated heterocycles. The van der Waals surface area contributed by atoms with Crippen molar-refractivity contribution in [2.24, 2.45) is 5.73 Å². The summed E-state index contributed by atoms with van der Waals surface area (Å²) >= 11 is 5.73. The Labute approximate surface area is 184 Å². The highest BCUT2D eigenvalue weighted by atomic mass is 35.5. The first kappa shape index (κ1) is 22.8. The van der Waals surface area contributed by atoms with Gasteiger partial charge >= 0.3 is 5.97 Å². The third kappa shape index (κ3) is 5.25. The van der Waals surface area contributed by atoms with Crippen LogP contribution in [0.2, 0.25) is 0 Å². The maximum Gasteiger partial charge on any atom is 0.324 e. The highest BCUT2D eigenvalue weighted by Crippen LogP contribution is 2.43. The lowest BCUT2D eigenvalue weighted by molar-refractivity contribution is -0.157. The number of phenolic OH excluding ortho intramolecular Hbond substituents is 4. The van der Waals surface area contributed by atoms with E-state index in [4.69, 9.17) is 27.0 Å². The molecule has 1 aliphatic rings. The Morgan fingerprint density at radius 1 is 1.16 bits per heavy atom. The summed E-state index contributed by atoms with van der Waals surface area (Å²) in [7, 11) is 0. The van der Waals surface area contributed by atoms with Gasteiger partial charge in [0.15, 0.2) is 17.6 Å². The second kappa shape index (κ2) is 9.95. The number of nitrogens with two attached hydrogens (primary N) is 1. The SMILES string of the molecule is NCCCC[C@H](NCl)C(=O)OC1Cc2c(O)cc(O)cc2OC1c1ccc(O)c(O)c1. The second-order valence-electron chi connectivity index (χ2n) is 7.35. The minimum atomic E-state index is -0.874. The van der Waals surface area contributed by atoms with Crippen molar-refractivity contribution in [3.63, 3.8) is 0 Å². The van der Waals surface area contributed by atoms with Crippen molar-refractivity contribution in [1.82, 2.24) is 4.84 Å². The molecule has 0 fully saturated rings. The maximum atomic E-state index is 12.7. The van der Waals surface area contributed by atoms with E-state index < -0.39 is 24.2 Å². The minimum absolute atomic E-state index is 0.0945. The molecule has 3 rings (SSSR count). The van der Waals surface area contributed by atoms with Crippen molar-refractivity contribution < 1.29 is 34.7 Å². The molecule has 1 aliphatic heterocycles. The number of hydrogen-bond donors (Lipinski definition) is 6. The Balaban J connectivity index is 1.89. The number of carbonyl (C=O) groups excluding carboxylic acids is 1. The van der Waals surface area contributed by atoms with E-state index in [9.17, 15) is 25.2 Å². The van der Waals surface area contributed by atoms with Gasteiger partial charge < -0.3 is 35.6 Å². The van der Waals surface area contributed by atoms with E-state index in [2.05, 4.69) is 4.84 Å². The van der Waals surface area contributed by atoms with Gasteiger partial charge in [-0.15, -0.1) is 0 Å². The number of carbonyl (C=O) groups is 1. The Hall–Kier alpha value is -2.88. The molecule has 2 unspecified atom stereocenters. The average Bonchev–Trinajstić information content (AvgIpc) is 2.73. The Morgan fingerprint density at radius 2 is 1.94 bits per heavy atom. The highest BCUT2D eigenvalue weighted by Gasteiger charge is 2.37. The van der Waals surface area contributed by atoms with Crippen LogP contribution < -0.4 is 15.3 Å². The van der Waals surface area contributed by atoms with Crippen molar-refractivity contribution in [2.45, 2.75) is 43.9 Å². The molecule has 2 aromatic carbocycles. The topological polar surface area (TPSA) is 154 Å². The van der Waals surface area contributed by atoms with Gasteiger partial charge in [-0.3, -0.25) is 4.79 Å². The summed E-state index contributed by atoms with van der Waals surface area (Å²) in [6.07, 6.45) is 0.181. The van der Waals surface area contributed by atoms with Crippen molar-refractivity contribution in [2.75, 3.05) is 6.54 Å². The van der Waals surface area contributed by atoms with Gasteiger partial charge in [0.1, 0.15) is 29.4 Å². The molecular weight excluding hydrogens is 428 g/mol. The van der Waals surface area contributed by atoms with Crippen LogP contribution in [0.5, 0.6) is 28.7 Å². The van der Waals surface area contributed by atoms with E-state index in [0.29, 0.717) is 30.5 Å². The molecule has 31 heavy (non-hydrogen) atoms. The normalized spacial score (nSPS) is 18.6. The number of phenols is 4. The summed E-state index contributed by atoms with van der Waals surface area (Å²) in [6.45, 7) is 0.496. The second-order valence-corrected chi connectivity index (χ2v) is 7.57. The van der Waals surface area contributed by atoms with Crippen LogP contribution >= 0.6 is 11.8 Å². The van der Waals surface area contributed by atoms with Gasteiger partial charge in [0.2, 0.25) is 0 Å². The number of unbranched alkanes of at least 4 members (excludes halogenated alkanes) is 1. The number of nitrogens with one attached hydrogen (secondary N) is 1. The number of benzene rings is 2. The zero-order chi connectivity index (χ0) is 22.5. The number of esters is 1. The Kier molecular flexibility index (Phi) is 7.32. The average molecular weight is 453 g/mol. The number of rotatable bonds is 8. The van der Waals surface area contributed by atoms with E-state index in [1.807, 2.05) is 0 Å². The van der Waals surface area contributed by atoms with E-state index >= 15 is 0 Å². The number of fused-ring (bicyclic) bond motifs is 1. The summed E-state index contributed by atoms with van der Waals surface area (Å²) in [6, 6.07) is 5.86. The molecule has 2 aromatic rings. The quantitative estimate of drug-likeness (QED) is 0.153. The first-order chi connectivity index (χ1) is 14.8. The van der Waals surface area contributed by atoms with Crippen LogP contribution in [-0.2, 0) is 16.0 Å². The third-order valence-electron chi connectivity index (χ3n) is 5.13. The van der Waals surface area contributed by atoms with Gasteiger partial charge in [0.05, 0.1) is 0 Å². The summed E-state index contributed by atoms with van der Waals surface area (Å²) < 4.78 is 11.6. The molecule has 0 amide bonds. The van der Waals surface area contributed by atoms with Crippen LogP contribution in [0.25, 0.3) is 0 Å². The molecule has 9 nitrogen and oxygen atoms in total. The van der Waals surface area contributed by atoms with Crippen molar-refractivity contribution >= 4 is 17.7 Å². The smallest absolute Gasteiger partial charge is 0.324 e. The molecule has 0 radical (unpaired) electrons. The van der Waals surface area contributed by atoms with Gasteiger partial charge in [-0.25, -0.2) is 4.84 Å². The molecule has 1 heterocycles. The fourth-order valence-electron chi connectivity index (χ4n) is 3.49. The van der Waals surface area contributed by atoms with Crippen LogP contribution in [0, 0.1) is 0 Å². The van der Waals surface area contributed by atoms with Gasteiger partial charge in [0, 0.05) is 29.7 Å². The first-order valence-electron chi connectivity index (χ1n) is 9.84. The van der Waals surface area contributed by atoms with Crippen molar-refractivity contribution in [3.8, 4) is 28.7 Å². The summed E-state index contributed by atoms with van der Waals surface area (Å²) in [5, 5.41) is 39.5. The van der Waals surface area contributed by atoms with Crippen LogP contribution in [0.3, 0.4) is 0 Å². The predicted octanol–water partition coefficient (Wildman–Crippen LogP) is 2.34. The fourth-order valence-corrected chi connectivity index (χ4v) is 3.69. The molecule has 3 atom stereocenters. The summed E-state index contributed by atoms with van der Waals surface area (Å²) in [4.78, 5) is 15.2. The molecule has 10 heteroatoms. The van der Waals surface area contributed by atoms with Gasteiger partial charge in [0.25, 0.3) is 0 Å². The predicted molar refractivity (Wildman–Crippen MR) is 112 cm³/mol. The largest absolute Gasteiger partial charge is 0.508 e. The molecule has 0 aromatic heterocycles. The zero-order valence-electron chi connectivity index (χ0n) is 16.6. The lowest BCUT2D eigenvalue weighted by atomic mass is 9.93. The summed E-state index contributed by atoms with van der Waals surface area (Å²) in [5.74, 6) is -1.44. The summed E-state index contributed by atoms with van der Waals surface area (Å²) in [5.41, 5.74) is 6.29.